The van der Waals surface area contributed by atoms with Crippen LogP contribution in [-0.2, 0) is 0 Å². The average Bonchev–Trinajstić information content (AvgIpc) is 2.87. The van der Waals surface area contributed by atoms with Crippen LogP contribution in [0.25, 0.3) is 11.3 Å². The van der Waals surface area contributed by atoms with E-state index in [1.165, 1.54) is 5.56 Å². The molecule has 0 spiro atoms. The van der Waals surface area contributed by atoms with E-state index in [2.05, 4.69) is 30.3 Å². The van der Waals surface area contributed by atoms with E-state index in [0.717, 1.165) is 22.0 Å². The van der Waals surface area contributed by atoms with Gasteiger partial charge in [-0.3, -0.25) is 0 Å². The summed E-state index contributed by atoms with van der Waals surface area (Å²) in [4.78, 5) is 4.59. The van der Waals surface area contributed by atoms with Crippen molar-refractivity contribution in [1.82, 2.24) is 4.98 Å². The molecule has 0 saturated carbocycles. The number of methoxy groups -OCH3 is 1. The van der Waals surface area contributed by atoms with Gasteiger partial charge in [-0.1, -0.05) is 13.8 Å². The minimum Gasteiger partial charge on any atom is -0.496 e. The molecular formula is C15H20N2OS. The molecule has 1 aromatic carbocycles. The molecule has 2 N–H and O–H groups in total. The SMILES string of the molecule is COc1ccc(-c2csc(C(C)N)n2)cc1C(C)C. The van der Waals surface area contributed by atoms with Gasteiger partial charge in [-0.2, -0.15) is 0 Å². The molecule has 3 nitrogen and oxygen atoms in total. The van der Waals surface area contributed by atoms with Crippen molar-refractivity contribution < 1.29 is 4.74 Å². The maximum absolute atomic E-state index is 5.86. The van der Waals surface area contributed by atoms with Crippen LogP contribution in [0, 0.1) is 0 Å². The molecule has 0 amide bonds. The lowest BCUT2D eigenvalue weighted by molar-refractivity contribution is 0.407. The molecule has 0 aliphatic rings. The third kappa shape index (κ3) is 2.96. The monoisotopic (exact) mass is 276 g/mol. The maximum Gasteiger partial charge on any atom is 0.122 e. The predicted octanol–water partition coefficient (Wildman–Crippen LogP) is 3.96. The molecule has 0 fully saturated rings. The molecule has 0 saturated heterocycles. The van der Waals surface area contributed by atoms with Crippen molar-refractivity contribution in [2.75, 3.05) is 7.11 Å². The van der Waals surface area contributed by atoms with E-state index in [4.69, 9.17) is 10.5 Å². The van der Waals surface area contributed by atoms with Crippen LogP contribution in [-0.4, -0.2) is 12.1 Å². The summed E-state index contributed by atoms with van der Waals surface area (Å²) < 4.78 is 5.40. The first kappa shape index (κ1) is 14.0. The third-order valence-corrected chi connectivity index (χ3v) is 4.10. The first-order chi connectivity index (χ1) is 9.02. The molecule has 0 bridgehead atoms. The van der Waals surface area contributed by atoms with Crippen LogP contribution in [0.1, 0.15) is 43.3 Å². The van der Waals surface area contributed by atoms with Gasteiger partial charge in [0.2, 0.25) is 0 Å². The quantitative estimate of drug-likeness (QED) is 0.919. The zero-order chi connectivity index (χ0) is 14.0. The van der Waals surface area contributed by atoms with Crippen molar-refractivity contribution in [1.29, 1.82) is 0 Å². The summed E-state index contributed by atoms with van der Waals surface area (Å²) in [5.74, 6) is 1.35. The van der Waals surface area contributed by atoms with Gasteiger partial charge in [0.25, 0.3) is 0 Å². The minimum atomic E-state index is -0.0124. The highest BCUT2D eigenvalue weighted by molar-refractivity contribution is 7.10. The highest BCUT2D eigenvalue weighted by Crippen LogP contribution is 2.32. The van der Waals surface area contributed by atoms with Gasteiger partial charge in [-0.15, -0.1) is 11.3 Å². The fourth-order valence-corrected chi connectivity index (χ4v) is 2.76. The molecule has 2 aromatic rings. The number of rotatable bonds is 4. The molecule has 1 heterocycles. The van der Waals surface area contributed by atoms with Crippen molar-refractivity contribution in [3.63, 3.8) is 0 Å². The van der Waals surface area contributed by atoms with Gasteiger partial charge in [0.1, 0.15) is 10.8 Å². The van der Waals surface area contributed by atoms with Gasteiger partial charge in [0, 0.05) is 10.9 Å². The Kier molecular flexibility index (Phi) is 4.22. The van der Waals surface area contributed by atoms with Crippen molar-refractivity contribution in [3.05, 3.63) is 34.2 Å². The highest BCUT2D eigenvalue weighted by Gasteiger charge is 2.12. The Morgan fingerprint density at radius 3 is 2.53 bits per heavy atom. The summed E-state index contributed by atoms with van der Waals surface area (Å²) in [5, 5.41) is 3.03. The normalized spacial score (nSPS) is 12.7. The number of hydrogen-bond donors (Lipinski definition) is 1. The molecule has 0 radical (unpaired) electrons. The average molecular weight is 276 g/mol. The van der Waals surface area contributed by atoms with Crippen LogP contribution >= 0.6 is 11.3 Å². The summed E-state index contributed by atoms with van der Waals surface area (Å²) >= 11 is 1.61. The maximum atomic E-state index is 5.86. The van der Waals surface area contributed by atoms with Crippen LogP contribution < -0.4 is 10.5 Å². The number of hydrogen-bond acceptors (Lipinski definition) is 4. The van der Waals surface area contributed by atoms with E-state index in [1.54, 1.807) is 18.4 Å². The summed E-state index contributed by atoms with van der Waals surface area (Å²) in [5.41, 5.74) is 9.17. The standard InChI is InChI=1S/C15H20N2OS/c1-9(2)12-7-11(5-6-14(12)18-4)13-8-19-15(17-13)10(3)16/h5-10H,16H2,1-4H3. The van der Waals surface area contributed by atoms with Gasteiger partial charge in [-0.25, -0.2) is 4.98 Å². The smallest absolute Gasteiger partial charge is 0.122 e. The molecule has 19 heavy (non-hydrogen) atoms. The summed E-state index contributed by atoms with van der Waals surface area (Å²) in [7, 11) is 1.71. The number of benzene rings is 1. The van der Waals surface area contributed by atoms with Gasteiger partial charge < -0.3 is 10.5 Å². The zero-order valence-corrected chi connectivity index (χ0v) is 12.6. The van der Waals surface area contributed by atoms with E-state index >= 15 is 0 Å². The van der Waals surface area contributed by atoms with Gasteiger partial charge in [0.05, 0.1) is 18.8 Å². The summed E-state index contributed by atoms with van der Waals surface area (Å²) in [6.07, 6.45) is 0. The first-order valence-corrected chi connectivity index (χ1v) is 7.30. The fraction of sp³-hybridized carbons (Fsp3) is 0.400. The van der Waals surface area contributed by atoms with Gasteiger partial charge in [0.15, 0.2) is 0 Å². The van der Waals surface area contributed by atoms with Crippen LogP contribution in [0.15, 0.2) is 23.6 Å². The lowest BCUT2D eigenvalue weighted by Gasteiger charge is -2.12. The number of aromatic nitrogens is 1. The van der Waals surface area contributed by atoms with Crippen molar-refractivity contribution in [2.24, 2.45) is 5.73 Å². The van der Waals surface area contributed by atoms with Gasteiger partial charge >= 0.3 is 0 Å². The third-order valence-electron chi connectivity index (χ3n) is 3.06. The first-order valence-electron chi connectivity index (χ1n) is 6.42. The second-order valence-corrected chi connectivity index (χ2v) is 5.86. The highest BCUT2D eigenvalue weighted by atomic mass is 32.1. The zero-order valence-electron chi connectivity index (χ0n) is 11.8. The fourth-order valence-electron chi connectivity index (χ4n) is 1.97. The number of ether oxygens (including phenoxy) is 1. The van der Waals surface area contributed by atoms with Crippen LogP contribution in [0.4, 0.5) is 0 Å². The number of nitrogens with two attached hydrogens (primary N) is 1. The lowest BCUT2D eigenvalue weighted by Crippen LogP contribution is -2.03. The Morgan fingerprint density at radius 2 is 2.00 bits per heavy atom. The molecule has 1 aromatic heterocycles. The van der Waals surface area contributed by atoms with E-state index in [1.807, 2.05) is 19.1 Å². The molecule has 4 heteroatoms. The Morgan fingerprint density at radius 1 is 1.26 bits per heavy atom. The van der Waals surface area contributed by atoms with Crippen LogP contribution in [0.2, 0.25) is 0 Å². The van der Waals surface area contributed by atoms with E-state index in [0.29, 0.717) is 5.92 Å². The van der Waals surface area contributed by atoms with Crippen molar-refractivity contribution in [3.8, 4) is 17.0 Å². The number of thiazole rings is 1. The molecule has 2 rings (SSSR count). The lowest BCUT2D eigenvalue weighted by atomic mass is 9.98. The summed E-state index contributed by atoms with van der Waals surface area (Å²) in [6.45, 7) is 6.28. The van der Waals surface area contributed by atoms with Crippen molar-refractivity contribution in [2.45, 2.75) is 32.7 Å². The topological polar surface area (TPSA) is 48.1 Å². The Labute approximate surface area is 118 Å². The second-order valence-electron chi connectivity index (χ2n) is 4.97. The molecule has 0 aliphatic heterocycles. The number of nitrogens with zero attached hydrogens (tertiary/aromatic N) is 1. The predicted molar refractivity (Wildman–Crippen MR) is 80.8 cm³/mol. The van der Waals surface area contributed by atoms with E-state index in [-0.39, 0.29) is 6.04 Å². The molecule has 102 valence electrons. The second kappa shape index (κ2) is 5.72. The Balaban J connectivity index is 2.42. The largest absolute Gasteiger partial charge is 0.496 e. The van der Waals surface area contributed by atoms with Crippen LogP contribution in [0.3, 0.4) is 0 Å². The van der Waals surface area contributed by atoms with Gasteiger partial charge in [-0.05, 0) is 36.6 Å². The van der Waals surface area contributed by atoms with E-state index < -0.39 is 0 Å². The molecule has 1 unspecified atom stereocenters. The Bertz CT molecular complexity index is 561. The molecule has 0 aliphatic carbocycles. The van der Waals surface area contributed by atoms with Crippen molar-refractivity contribution >= 4 is 11.3 Å². The van der Waals surface area contributed by atoms with E-state index in [9.17, 15) is 0 Å². The molecule has 1 atom stereocenters. The molecular weight excluding hydrogens is 256 g/mol. The Hall–Kier alpha value is -1.39. The summed E-state index contributed by atoms with van der Waals surface area (Å²) in [6, 6.07) is 6.20. The van der Waals surface area contributed by atoms with Crippen LogP contribution in [0.5, 0.6) is 5.75 Å². The minimum absolute atomic E-state index is 0.0124.